The number of carbonyl (C=O) groups excluding carboxylic acids is 1. The topological polar surface area (TPSA) is 78.4 Å². The molecule has 0 bridgehead atoms. The Morgan fingerprint density at radius 1 is 1.28 bits per heavy atom. The van der Waals surface area contributed by atoms with Crippen LogP contribution in [0.1, 0.15) is 18.1 Å². The third-order valence-corrected chi connectivity index (χ3v) is 2.64. The number of nitrogens with one attached hydrogen (secondary N) is 2. The molecule has 5 nitrogen and oxygen atoms in total. The average molecular weight is 250 g/mol. The lowest BCUT2D eigenvalue weighted by Gasteiger charge is -2.17. The van der Waals surface area contributed by atoms with Gasteiger partial charge in [0.05, 0.1) is 0 Å². The maximum absolute atomic E-state index is 11.0. The van der Waals surface area contributed by atoms with Gasteiger partial charge >= 0.3 is 5.97 Å². The highest BCUT2D eigenvalue weighted by molar-refractivity contribution is 5.82. The number of aliphatic carboxylic acids is 1. The number of anilines is 1. The standard InChI is InChI=1S/C13H18N2O3/c1-8-5-4-6-9(2)12(8)14-7-11(13(17)18)15-10(3)16/h4-6,11,14H,7H2,1-3H3,(H,15,16)(H,17,18). The van der Waals surface area contributed by atoms with Crippen LogP contribution < -0.4 is 10.6 Å². The SMILES string of the molecule is CC(=O)NC(CNc1c(C)cccc1C)C(=O)O. The normalized spacial score (nSPS) is 11.7. The first-order chi connectivity index (χ1) is 8.41. The maximum atomic E-state index is 11.0. The first kappa shape index (κ1) is 14.0. The number of hydrogen-bond donors (Lipinski definition) is 3. The molecule has 18 heavy (non-hydrogen) atoms. The molecule has 1 unspecified atom stereocenters. The van der Waals surface area contributed by atoms with E-state index in [-0.39, 0.29) is 12.5 Å². The summed E-state index contributed by atoms with van der Waals surface area (Å²) in [5.41, 5.74) is 3.00. The minimum absolute atomic E-state index is 0.153. The summed E-state index contributed by atoms with van der Waals surface area (Å²) in [6, 6.07) is 4.91. The van der Waals surface area contributed by atoms with E-state index >= 15 is 0 Å². The van der Waals surface area contributed by atoms with Crippen molar-refractivity contribution in [2.24, 2.45) is 0 Å². The Labute approximate surface area is 106 Å². The van der Waals surface area contributed by atoms with Gasteiger partial charge in [0.15, 0.2) is 0 Å². The van der Waals surface area contributed by atoms with Crippen LogP contribution in [0.25, 0.3) is 0 Å². The van der Waals surface area contributed by atoms with Crippen molar-refractivity contribution >= 4 is 17.6 Å². The van der Waals surface area contributed by atoms with Gasteiger partial charge in [-0.05, 0) is 25.0 Å². The number of aryl methyl sites for hydroxylation is 2. The molecule has 0 spiro atoms. The first-order valence-electron chi connectivity index (χ1n) is 5.72. The van der Waals surface area contributed by atoms with E-state index in [9.17, 15) is 9.59 Å². The van der Waals surface area contributed by atoms with Crippen LogP contribution in [0.3, 0.4) is 0 Å². The van der Waals surface area contributed by atoms with Gasteiger partial charge in [0.25, 0.3) is 0 Å². The maximum Gasteiger partial charge on any atom is 0.328 e. The van der Waals surface area contributed by atoms with Crippen LogP contribution in [-0.4, -0.2) is 29.6 Å². The van der Waals surface area contributed by atoms with Crippen LogP contribution in [0.2, 0.25) is 0 Å². The lowest BCUT2D eigenvalue weighted by molar-refractivity contribution is -0.141. The molecule has 1 rings (SSSR count). The van der Waals surface area contributed by atoms with Gasteiger partial charge in [-0.3, -0.25) is 4.79 Å². The van der Waals surface area contributed by atoms with Crippen molar-refractivity contribution in [3.05, 3.63) is 29.3 Å². The van der Waals surface area contributed by atoms with E-state index in [0.29, 0.717) is 0 Å². The van der Waals surface area contributed by atoms with Gasteiger partial charge in [-0.25, -0.2) is 4.79 Å². The monoisotopic (exact) mass is 250 g/mol. The van der Waals surface area contributed by atoms with Crippen molar-refractivity contribution in [2.75, 3.05) is 11.9 Å². The van der Waals surface area contributed by atoms with E-state index in [0.717, 1.165) is 16.8 Å². The van der Waals surface area contributed by atoms with Gasteiger partial charge < -0.3 is 15.7 Å². The minimum atomic E-state index is -1.05. The third-order valence-electron chi connectivity index (χ3n) is 2.64. The number of hydrogen-bond acceptors (Lipinski definition) is 3. The average Bonchev–Trinajstić information content (AvgIpc) is 2.26. The van der Waals surface area contributed by atoms with Crippen LogP contribution in [-0.2, 0) is 9.59 Å². The summed E-state index contributed by atoms with van der Waals surface area (Å²) in [4.78, 5) is 21.9. The highest BCUT2D eigenvalue weighted by Crippen LogP contribution is 2.19. The van der Waals surface area contributed by atoms with E-state index in [4.69, 9.17) is 5.11 Å². The summed E-state index contributed by atoms with van der Waals surface area (Å²) in [6.45, 7) is 5.35. The molecule has 1 aromatic rings. The van der Waals surface area contributed by atoms with Crippen molar-refractivity contribution in [2.45, 2.75) is 26.8 Å². The van der Waals surface area contributed by atoms with Gasteiger partial charge in [0.1, 0.15) is 6.04 Å². The second-order valence-electron chi connectivity index (χ2n) is 4.24. The van der Waals surface area contributed by atoms with Crippen molar-refractivity contribution in [1.82, 2.24) is 5.32 Å². The number of rotatable bonds is 5. The zero-order valence-corrected chi connectivity index (χ0v) is 10.8. The van der Waals surface area contributed by atoms with E-state index < -0.39 is 12.0 Å². The van der Waals surface area contributed by atoms with Crippen LogP contribution >= 0.6 is 0 Å². The van der Waals surface area contributed by atoms with Crippen LogP contribution in [0, 0.1) is 13.8 Å². The Morgan fingerprint density at radius 2 is 1.83 bits per heavy atom. The second kappa shape index (κ2) is 6.05. The quantitative estimate of drug-likeness (QED) is 0.736. The van der Waals surface area contributed by atoms with Crippen molar-refractivity contribution in [3.8, 4) is 0 Å². The molecule has 5 heteroatoms. The van der Waals surface area contributed by atoms with E-state index in [1.807, 2.05) is 32.0 Å². The fourth-order valence-corrected chi connectivity index (χ4v) is 1.74. The van der Waals surface area contributed by atoms with Crippen molar-refractivity contribution in [3.63, 3.8) is 0 Å². The molecule has 1 atom stereocenters. The summed E-state index contributed by atoms with van der Waals surface area (Å²) in [7, 11) is 0. The second-order valence-corrected chi connectivity index (χ2v) is 4.24. The van der Waals surface area contributed by atoms with Gasteiger partial charge in [-0.15, -0.1) is 0 Å². The van der Waals surface area contributed by atoms with Gasteiger partial charge in [0, 0.05) is 19.2 Å². The Bertz CT molecular complexity index is 437. The zero-order valence-electron chi connectivity index (χ0n) is 10.8. The molecule has 0 heterocycles. The molecule has 1 amide bonds. The molecular formula is C13H18N2O3. The predicted octanol–water partition coefficient (Wildman–Crippen LogP) is 1.30. The van der Waals surface area contributed by atoms with Gasteiger partial charge in [-0.1, -0.05) is 18.2 Å². The summed E-state index contributed by atoms with van der Waals surface area (Å²) < 4.78 is 0. The van der Waals surface area contributed by atoms with Gasteiger partial charge in [0.2, 0.25) is 5.91 Å². The highest BCUT2D eigenvalue weighted by Gasteiger charge is 2.18. The predicted molar refractivity (Wildman–Crippen MR) is 69.6 cm³/mol. The largest absolute Gasteiger partial charge is 0.480 e. The summed E-state index contributed by atoms with van der Waals surface area (Å²) in [6.07, 6.45) is 0. The smallest absolute Gasteiger partial charge is 0.328 e. The molecule has 0 fully saturated rings. The lowest BCUT2D eigenvalue weighted by atomic mass is 10.1. The molecule has 3 N–H and O–H groups in total. The fourth-order valence-electron chi connectivity index (χ4n) is 1.74. The molecule has 0 aliphatic rings. The molecular weight excluding hydrogens is 232 g/mol. The molecule has 0 aromatic heterocycles. The third kappa shape index (κ3) is 3.76. The number of amides is 1. The Hall–Kier alpha value is -2.04. The van der Waals surface area contributed by atoms with Crippen LogP contribution in [0.15, 0.2) is 18.2 Å². The minimum Gasteiger partial charge on any atom is -0.480 e. The van der Waals surface area contributed by atoms with E-state index in [2.05, 4.69) is 10.6 Å². The van der Waals surface area contributed by atoms with Crippen molar-refractivity contribution in [1.29, 1.82) is 0 Å². The Kier molecular flexibility index (Phi) is 4.71. The van der Waals surface area contributed by atoms with Crippen molar-refractivity contribution < 1.29 is 14.7 Å². The molecule has 0 radical (unpaired) electrons. The Balaban J connectivity index is 2.73. The lowest BCUT2D eigenvalue weighted by Crippen LogP contribution is -2.44. The van der Waals surface area contributed by atoms with Crippen LogP contribution in [0.5, 0.6) is 0 Å². The zero-order chi connectivity index (χ0) is 13.7. The number of para-hydroxylation sites is 1. The van der Waals surface area contributed by atoms with Gasteiger partial charge in [-0.2, -0.15) is 0 Å². The number of carboxylic acid groups (broad SMARTS) is 1. The summed E-state index contributed by atoms with van der Waals surface area (Å²) >= 11 is 0. The Morgan fingerprint density at radius 3 is 2.28 bits per heavy atom. The van der Waals surface area contributed by atoms with E-state index in [1.165, 1.54) is 6.92 Å². The summed E-state index contributed by atoms with van der Waals surface area (Å²) in [5, 5.41) is 14.4. The first-order valence-corrected chi connectivity index (χ1v) is 5.72. The van der Waals surface area contributed by atoms with Crippen LogP contribution in [0.4, 0.5) is 5.69 Å². The molecule has 98 valence electrons. The number of carboxylic acids is 1. The molecule has 0 aliphatic heterocycles. The fraction of sp³-hybridized carbons (Fsp3) is 0.385. The number of benzene rings is 1. The molecule has 0 saturated carbocycles. The summed E-state index contributed by atoms with van der Waals surface area (Å²) in [5.74, 6) is -1.41. The molecule has 0 saturated heterocycles. The highest BCUT2D eigenvalue weighted by atomic mass is 16.4. The molecule has 0 aliphatic carbocycles. The number of carbonyl (C=O) groups is 2. The van der Waals surface area contributed by atoms with E-state index in [1.54, 1.807) is 0 Å². The molecule has 1 aromatic carbocycles.